The van der Waals surface area contributed by atoms with Crippen LogP contribution in [0.4, 0.5) is 10.1 Å². The number of carbonyl (C=O) groups excluding carboxylic acids is 2. The number of morpholine rings is 1. The standard InChI is InChI=1S/C21H24FN3O3S/c1-29-19-5-3-2-4-17(19)24-21(27)20(26)23-14-18(25-10-12-28-13-11-25)15-6-8-16(22)9-7-15/h2-9,18H,10-14H2,1H3,(H,23,26)(H,24,27)/t18-/m1/s1. The minimum absolute atomic E-state index is 0.172. The van der Waals surface area contributed by atoms with E-state index in [0.29, 0.717) is 32.0 Å². The van der Waals surface area contributed by atoms with E-state index in [0.717, 1.165) is 10.5 Å². The van der Waals surface area contributed by atoms with Gasteiger partial charge < -0.3 is 15.4 Å². The number of ether oxygens (including phenoxy) is 1. The minimum Gasteiger partial charge on any atom is -0.379 e. The van der Waals surface area contributed by atoms with E-state index in [1.807, 2.05) is 18.4 Å². The van der Waals surface area contributed by atoms with Gasteiger partial charge in [-0.25, -0.2) is 4.39 Å². The van der Waals surface area contributed by atoms with Crippen LogP contribution >= 0.6 is 11.8 Å². The molecule has 1 fully saturated rings. The van der Waals surface area contributed by atoms with Crippen molar-refractivity contribution in [3.05, 3.63) is 59.9 Å². The van der Waals surface area contributed by atoms with E-state index in [9.17, 15) is 14.0 Å². The zero-order chi connectivity index (χ0) is 20.6. The fraction of sp³-hybridized carbons (Fsp3) is 0.333. The molecule has 8 heteroatoms. The summed E-state index contributed by atoms with van der Waals surface area (Å²) in [6.45, 7) is 2.83. The maximum absolute atomic E-state index is 13.3. The Bertz CT molecular complexity index is 841. The first-order valence-electron chi connectivity index (χ1n) is 9.38. The van der Waals surface area contributed by atoms with Gasteiger partial charge in [0.1, 0.15) is 5.82 Å². The molecule has 0 unspecified atom stereocenters. The number of anilines is 1. The summed E-state index contributed by atoms with van der Waals surface area (Å²) in [7, 11) is 0. The molecule has 0 aliphatic carbocycles. The summed E-state index contributed by atoms with van der Waals surface area (Å²) >= 11 is 1.49. The van der Waals surface area contributed by atoms with Crippen LogP contribution in [0.25, 0.3) is 0 Å². The second-order valence-corrected chi connectivity index (χ2v) is 7.43. The lowest BCUT2D eigenvalue weighted by Gasteiger charge is -2.34. The average Bonchev–Trinajstić information content (AvgIpc) is 2.76. The van der Waals surface area contributed by atoms with E-state index >= 15 is 0 Å². The maximum Gasteiger partial charge on any atom is 0.313 e. The number of nitrogens with zero attached hydrogens (tertiary/aromatic N) is 1. The summed E-state index contributed by atoms with van der Waals surface area (Å²) in [6, 6.07) is 13.3. The third-order valence-corrected chi connectivity index (χ3v) is 5.55. The summed E-state index contributed by atoms with van der Waals surface area (Å²) in [4.78, 5) is 27.8. The quantitative estimate of drug-likeness (QED) is 0.559. The lowest BCUT2D eigenvalue weighted by molar-refractivity contribution is -0.136. The lowest BCUT2D eigenvalue weighted by atomic mass is 10.0. The van der Waals surface area contributed by atoms with E-state index in [2.05, 4.69) is 15.5 Å². The van der Waals surface area contributed by atoms with Crippen LogP contribution in [0.3, 0.4) is 0 Å². The molecule has 0 saturated carbocycles. The van der Waals surface area contributed by atoms with Gasteiger partial charge in [0.05, 0.1) is 24.9 Å². The van der Waals surface area contributed by atoms with Crippen LogP contribution < -0.4 is 10.6 Å². The van der Waals surface area contributed by atoms with Crippen molar-refractivity contribution >= 4 is 29.3 Å². The zero-order valence-corrected chi connectivity index (χ0v) is 17.0. The number of hydrogen-bond acceptors (Lipinski definition) is 5. The molecule has 1 saturated heterocycles. The molecule has 154 valence electrons. The van der Waals surface area contributed by atoms with Crippen molar-refractivity contribution in [1.29, 1.82) is 0 Å². The molecule has 0 spiro atoms. The summed E-state index contributed by atoms with van der Waals surface area (Å²) < 4.78 is 18.7. The number of carbonyl (C=O) groups is 2. The fourth-order valence-electron chi connectivity index (χ4n) is 3.23. The zero-order valence-electron chi connectivity index (χ0n) is 16.2. The predicted molar refractivity (Wildman–Crippen MR) is 111 cm³/mol. The number of benzene rings is 2. The molecule has 3 rings (SSSR count). The first-order valence-corrected chi connectivity index (χ1v) is 10.6. The summed E-state index contributed by atoms with van der Waals surface area (Å²) in [5.41, 5.74) is 1.48. The highest BCUT2D eigenvalue weighted by molar-refractivity contribution is 7.98. The van der Waals surface area contributed by atoms with Crippen LogP contribution in [0.2, 0.25) is 0 Å². The second-order valence-electron chi connectivity index (χ2n) is 6.58. The maximum atomic E-state index is 13.3. The van der Waals surface area contributed by atoms with E-state index in [1.165, 1.54) is 23.9 Å². The molecule has 1 atom stereocenters. The van der Waals surface area contributed by atoms with Crippen LogP contribution in [0.15, 0.2) is 53.4 Å². The molecule has 1 aliphatic rings. The van der Waals surface area contributed by atoms with E-state index < -0.39 is 11.8 Å². The van der Waals surface area contributed by atoms with Crippen molar-refractivity contribution in [1.82, 2.24) is 10.2 Å². The van der Waals surface area contributed by atoms with Gasteiger partial charge in [-0.2, -0.15) is 0 Å². The minimum atomic E-state index is -0.716. The Morgan fingerprint density at radius 1 is 1.10 bits per heavy atom. The van der Waals surface area contributed by atoms with Gasteiger partial charge in [-0.15, -0.1) is 11.8 Å². The SMILES string of the molecule is CSc1ccccc1NC(=O)C(=O)NC[C@H](c1ccc(F)cc1)N1CCOCC1. The predicted octanol–water partition coefficient (Wildman–Crippen LogP) is 2.68. The van der Waals surface area contributed by atoms with Crippen molar-refractivity contribution < 1.29 is 18.7 Å². The highest BCUT2D eigenvalue weighted by atomic mass is 32.2. The summed E-state index contributed by atoms with van der Waals surface area (Å²) in [5, 5.41) is 5.37. The summed E-state index contributed by atoms with van der Waals surface area (Å²) in [5.74, 6) is -1.74. The first-order chi connectivity index (χ1) is 14.1. The number of para-hydroxylation sites is 1. The molecule has 0 aromatic heterocycles. The molecule has 1 aliphatic heterocycles. The van der Waals surface area contributed by atoms with Gasteiger partial charge in [-0.1, -0.05) is 24.3 Å². The van der Waals surface area contributed by atoms with Crippen molar-refractivity contribution in [2.75, 3.05) is 44.4 Å². The van der Waals surface area contributed by atoms with Crippen LogP contribution in [-0.2, 0) is 14.3 Å². The van der Waals surface area contributed by atoms with E-state index in [-0.39, 0.29) is 18.4 Å². The second kappa shape index (κ2) is 10.4. The fourth-order valence-corrected chi connectivity index (χ4v) is 3.78. The van der Waals surface area contributed by atoms with Crippen molar-refractivity contribution in [3.63, 3.8) is 0 Å². The molecule has 0 radical (unpaired) electrons. The molecule has 2 amide bonds. The first kappa shape index (κ1) is 21.3. The number of hydrogen-bond donors (Lipinski definition) is 2. The molecule has 2 aromatic carbocycles. The van der Waals surface area contributed by atoms with Crippen molar-refractivity contribution in [2.45, 2.75) is 10.9 Å². The molecule has 0 bridgehead atoms. The van der Waals surface area contributed by atoms with Gasteiger partial charge in [0, 0.05) is 24.5 Å². The highest BCUT2D eigenvalue weighted by Crippen LogP contribution is 2.25. The molecule has 6 nitrogen and oxygen atoms in total. The van der Waals surface area contributed by atoms with Crippen LogP contribution in [0.5, 0.6) is 0 Å². The smallest absolute Gasteiger partial charge is 0.313 e. The topological polar surface area (TPSA) is 70.7 Å². The Hall–Kier alpha value is -2.42. The molecular weight excluding hydrogens is 393 g/mol. The average molecular weight is 418 g/mol. The van der Waals surface area contributed by atoms with Crippen LogP contribution in [0, 0.1) is 5.82 Å². The molecule has 1 heterocycles. The van der Waals surface area contributed by atoms with Crippen LogP contribution in [-0.4, -0.2) is 55.8 Å². The third-order valence-electron chi connectivity index (χ3n) is 4.76. The number of nitrogens with one attached hydrogen (secondary N) is 2. The Morgan fingerprint density at radius 2 is 1.79 bits per heavy atom. The molecule has 2 N–H and O–H groups in total. The van der Waals surface area contributed by atoms with Gasteiger partial charge in [0.2, 0.25) is 0 Å². The Kier molecular flexibility index (Phi) is 7.62. The normalized spacial score (nSPS) is 15.5. The van der Waals surface area contributed by atoms with Gasteiger partial charge in [0.25, 0.3) is 0 Å². The van der Waals surface area contributed by atoms with Crippen molar-refractivity contribution in [2.24, 2.45) is 0 Å². The van der Waals surface area contributed by atoms with Crippen molar-refractivity contribution in [3.8, 4) is 0 Å². The Balaban J connectivity index is 1.65. The Labute approximate surface area is 173 Å². The summed E-state index contributed by atoms with van der Waals surface area (Å²) in [6.07, 6.45) is 1.90. The van der Waals surface area contributed by atoms with E-state index in [4.69, 9.17) is 4.74 Å². The molecule has 29 heavy (non-hydrogen) atoms. The highest BCUT2D eigenvalue weighted by Gasteiger charge is 2.24. The number of halogens is 1. The van der Waals surface area contributed by atoms with Gasteiger partial charge >= 0.3 is 11.8 Å². The third kappa shape index (κ3) is 5.79. The van der Waals surface area contributed by atoms with E-state index in [1.54, 1.807) is 24.3 Å². The number of amides is 2. The lowest BCUT2D eigenvalue weighted by Crippen LogP contribution is -2.45. The monoisotopic (exact) mass is 417 g/mol. The van der Waals surface area contributed by atoms with Crippen LogP contribution in [0.1, 0.15) is 11.6 Å². The molecular formula is C21H24FN3O3S. The van der Waals surface area contributed by atoms with Gasteiger partial charge in [-0.3, -0.25) is 14.5 Å². The number of thioether (sulfide) groups is 1. The van der Waals surface area contributed by atoms with Gasteiger partial charge in [-0.05, 0) is 36.1 Å². The largest absolute Gasteiger partial charge is 0.379 e. The molecule has 2 aromatic rings. The van der Waals surface area contributed by atoms with Gasteiger partial charge in [0.15, 0.2) is 0 Å². The number of rotatable bonds is 6. The Morgan fingerprint density at radius 3 is 2.48 bits per heavy atom.